The Morgan fingerprint density at radius 1 is 1.44 bits per heavy atom. The first kappa shape index (κ1) is 14.9. The number of nitrogens with one attached hydrogen (secondary N) is 2. The number of carbonyl (C=O) groups is 1. The Hall–Kier alpha value is -1.20. The largest absolute Gasteiger partial charge is 0.464 e. The van der Waals surface area contributed by atoms with E-state index in [0.29, 0.717) is 28.3 Å². The molecule has 0 bridgehead atoms. The number of hydrogen-bond donors (Lipinski definition) is 2. The number of nitrogens with zero attached hydrogens (tertiary/aromatic N) is 1. The first-order valence-corrected chi connectivity index (χ1v) is 6.22. The van der Waals surface area contributed by atoms with Crippen molar-refractivity contribution in [1.29, 1.82) is 0 Å². The second-order valence-electron chi connectivity index (χ2n) is 3.52. The van der Waals surface area contributed by atoms with Crippen LogP contribution in [0, 0.1) is 0 Å². The van der Waals surface area contributed by atoms with Crippen LogP contribution in [-0.4, -0.2) is 30.6 Å². The van der Waals surface area contributed by atoms with Crippen LogP contribution < -0.4 is 10.6 Å². The Labute approximate surface area is 116 Å². The second-order valence-corrected chi connectivity index (χ2v) is 4.33. The average molecular weight is 292 g/mol. The van der Waals surface area contributed by atoms with E-state index in [9.17, 15) is 4.79 Å². The first-order chi connectivity index (χ1) is 8.49. The molecular formula is C11H15Cl2N3O2. The van der Waals surface area contributed by atoms with Crippen molar-refractivity contribution in [1.82, 2.24) is 4.98 Å². The van der Waals surface area contributed by atoms with Gasteiger partial charge in [0.25, 0.3) is 0 Å². The molecule has 1 aromatic heterocycles. The molecule has 0 saturated carbocycles. The van der Waals surface area contributed by atoms with Crippen molar-refractivity contribution in [2.45, 2.75) is 19.9 Å². The summed E-state index contributed by atoms with van der Waals surface area (Å²) in [4.78, 5) is 15.7. The van der Waals surface area contributed by atoms with E-state index in [0.717, 1.165) is 0 Å². The third-order valence-corrected chi connectivity index (χ3v) is 2.74. The third-order valence-electron chi connectivity index (χ3n) is 2.16. The van der Waals surface area contributed by atoms with Gasteiger partial charge in [-0.25, -0.2) is 9.78 Å². The Balaban J connectivity index is 2.87. The lowest BCUT2D eigenvalue weighted by atomic mass is 10.3. The summed E-state index contributed by atoms with van der Waals surface area (Å²) in [7, 11) is 1.70. The van der Waals surface area contributed by atoms with E-state index in [2.05, 4.69) is 15.6 Å². The molecule has 18 heavy (non-hydrogen) atoms. The molecular weight excluding hydrogens is 277 g/mol. The van der Waals surface area contributed by atoms with E-state index < -0.39 is 6.04 Å². The third kappa shape index (κ3) is 3.65. The van der Waals surface area contributed by atoms with Gasteiger partial charge >= 0.3 is 5.97 Å². The number of hydrogen-bond acceptors (Lipinski definition) is 5. The van der Waals surface area contributed by atoms with Crippen LogP contribution in [0.25, 0.3) is 0 Å². The van der Waals surface area contributed by atoms with Gasteiger partial charge in [0.15, 0.2) is 0 Å². The molecule has 0 fully saturated rings. The topological polar surface area (TPSA) is 63.2 Å². The van der Waals surface area contributed by atoms with Crippen LogP contribution in [0.5, 0.6) is 0 Å². The molecule has 0 aromatic carbocycles. The molecule has 1 unspecified atom stereocenters. The summed E-state index contributed by atoms with van der Waals surface area (Å²) in [6.07, 6.45) is 0. The van der Waals surface area contributed by atoms with Crippen LogP contribution in [0.1, 0.15) is 13.8 Å². The molecule has 1 rings (SSSR count). The molecule has 0 aliphatic heterocycles. The lowest BCUT2D eigenvalue weighted by Gasteiger charge is -2.15. The molecule has 0 aliphatic carbocycles. The molecule has 0 radical (unpaired) electrons. The fourth-order valence-corrected chi connectivity index (χ4v) is 1.78. The molecule has 0 aliphatic rings. The summed E-state index contributed by atoms with van der Waals surface area (Å²) in [5.41, 5.74) is 0. The van der Waals surface area contributed by atoms with Crippen LogP contribution in [-0.2, 0) is 9.53 Å². The predicted molar refractivity (Wildman–Crippen MR) is 73.5 cm³/mol. The zero-order chi connectivity index (χ0) is 13.7. The normalized spacial score (nSPS) is 11.8. The van der Waals surface area contributed by atoms with Gasteiger partial charge in [-0.05, 0) is 19.9 Å². The molecule has 7 heteroatoms. The fraction of sp³-hybridized carbons (Fsp3) is 0.455. The summed E-state index contributed by atoms with van der Waals surface area (Å²) in [5, 5.41) is 6.47. The standard InChI is InChI=1S/C11H15Cl2N3O2/c1-4-18-11(17)6(2)15-10-8(13)5-7(12)9(14-3)16-10/h5-6H,4H2,1-3H3,(H2,14,15,16). The number of ether oxygens (including phenoxy) is 1. The number of rotatable bonds is 5. The van der Waals surface area contributed by atoms with Crippen molar-refractivity contribution in [2.75, 3.05) is 24.3 Å². The number of esters is 1. The fourth-order valence-electron chi connectivity index (χ4n) is 1.27. The molecule has 1 heterocycles. The van der Waals surface area contributed by atoms with Gasteiger partial charge < -0.3 is 15.4 Å². The number of halogens is 2. The lowest BCUT2D eigenvalue weighted by molar-refractivity contribution is -0.143. The van der Waals surface area contributed by atoms with E-state index in [1.54, 1.807) is 27.0 Å². The zero-order valence-corrected chi connectivity index (χ0v) is 11.9. The highest BCUT2D eigenvalue weighted by molar-refractivity contribution is 6.37. The van der Waals surface area contributed by atoms with E-state index in [-0.39, 0.29) is 5.97 Å². The summed E-state index contributed by atoms with van der Waals surface area (Å²) in [6.45, 7) is 3.75. The summed E-state index contributed by atoms with van der Waals surface area (Å²) in [5.74, 6) is 0.502. The Kier molecular flexibility index (Phi) is 5.50. The molecule has 0 amide bonds. The SMILES string of the molecule is CCOC(=O)C(C)Nc1nc(NC)c(Cl)cc1Cl. The van der Waals surface area contributed by atoms with Gasteiger partial charge in [0.2, 0.25) is 0 Å². The highest BCUT2D eigenvalue weighted by Crippen LogP contribution is 2.29. The molecule has 0 spiro atoms. The zero-order valence-electron chi connectivity index (χ0n) is 10.4. The molecule has 1 atom stereocenters. The van der Waals surface area contributed by atoms with Crippen molar-refractivity contribution < 1.29 is 9.53 Å². The van der Waals surface area contributed by atoms with Crippen LogP contribution in [0.2, 0.25) is 10.0 Å². The minimum absolute atomic E-state index is 0.328. The van der Waals surface area contributed by atoms with Gasteiger partial charge in [-0.1, -0.05) is 23.2 Å². The van der Waals surface area contributed by atoms with Crippen molar-refractivity contribution in [3.63, 3.8) is 0 Å². The highest BCUT2D eigenvalue weighted by Gasteiger charge is 2.17. The second kappa shape index (κ2) is 6.66. The quantitative estimate of drug-likeness (QED) is 0.817. The number of carbonyl (C=O) groups excluding carboxylic acids is 1. The maximum Gasteiger partial charge on any atom is 0.328 e. The van der Waals surface area contributed by atoms with Crippen molar-refractivity contribution in [3.8, 4) is 0 Å². The van der Waals surface area contributed by atoms with Crippen LogP contribution in [0.4, 0.5) is 11.6 Å². The molecule has 100 valence electrons. The maximum atomic E-state index is 11.5. The molecule has 0 saturated heterocycles. The Bertz CT molecular complexity index is 441. The van der Waals surface area contributed by atoms with Gasteiger partial charge in [-0.3, -0.25) is 0 Å². The number of aromatic nitrogens is 1. The van der Waals surface area contributed by atoms with E-state index in [4.69, 9.17) is 27.9 Å². The lowest BCUT2D eigenvalue weighted by Crippen LogP contribution is -2.28. The molecule has 1 aromatic rings. The monoisotopic (exact) mass is 291 g/mol. The Morgan fingerprint density at radius 3 is 2.61 bits per heavy atom. The van der Waals surface area contributed by atoms with Crippen molar-refractivity contribution in [2.24, 2.45) is 0 Å². The summed E-state index contributed by atoms with van der Waals surface area (Å²) in [6, 6.07) is 1.02. The van der Waals surface area contributed by atoms with Crippen LogP contribution in [0.15, 0.2) is 6.07 Å². The van der Waals surface area contributed by atoms with Gasteiger partial charge in [0.05, 0.1) is 16.7 Å². The van der Waals surface area contributed by atoms with Gasteiger partial charge in [0.1, 0.15) is 17.7 Å². The van der Waals surface area contributed by atoms with E-state index >= 15 is 0 Å². The molecule has 2 N–H and O–H groups in total. The minimum atomic E-state index is -0.541. The van der Waals surface area contributed by atoms with Crippen molar-refractivity contribution in [3.05, 3.63) is 16.1 Å². The Morgan fingerprint density at radius 2 is 2.06 bits per heavy atom. The maximum absolute atomic E-state index is 11.5. The summed E-state index contributed by atoms with van der Waals surface area (Å²) < 4.78 is 4.88. The molecule has 5 nitrogen and oxygen atoms in total. The summed E-state index contributed by atoms with van der Waals surface area (Å²) >= 11 is 11.9. The van der Waals surface area contributed by atoms with E-state index in [1.165, 1.54) is 0 Å². The minimum Gasteiger partial charge on any atom is -0.464 e. The number of anilines is 2. The average Bonchev–Trinajstić information content (AvgIpc) is 2.32. The first-order valence-electron chi connectivity index (χ1n) is 5.46. The van der Waals surface area contributed by atoms with Crippen molar-refractivity contribution >= 4 is 40.8 Å². The van der Waals surface area contributed by atoms with Crippen LogP contribution >= 0.6 is 23.2 Å². The highest BCUT2D eigenvalue weighted by atomic mass is 35.5. The van der Waals surface area contributed by atoms with E-state index in [1.807, 2.05) is 0 Å². The predicted octanol–water partition coefficient (Wildman–Crippen LogP) is 2.79. The number of pyridine rings is 1. The van der Waals surface area contributed by atoms with Gasteiger partial charge in [0, 0.05) is 7.05 Å². The van der Waals surface area contributed by atoms with Gasteiger partial charge in [-0.15, -0.1) is 0 Å². The smallest absolute Gasteiger partial charge is 0.328 e. The van der Waals surface area contributed by atoms with Crippen LogP contribution in [0.3, 0.4) is 0 Å². The van der Waals surface area contributed by atoms with Gasteiger partial charge in [-0.2, -0.15) is 0 Å².